The van der Waals surface area contributed by atoms with Crippen LogP contribution in [0, 0.1) is 13.8 Å². The summed E-state index contributed by atoms with van der Waals surface area (Å²) in [6, 6.07) is 2.58. The van der Waals surface area contributed by atoms with Gasteiger partial charge in [-0.25, -0.2) is 17.6 Å². The van der Waals surface area contributed by atoms with Gasteiger partial charge < -0.3 is 5.11 Å². The second-order valence-corrected chi connectivity index (χ2v) is 6.90. The van der Waals surface area contributed by atoms with E-state index in [-0.39, 0.29) is 30.0 Å². The molecule has 1 heterocycles. The van der Waals surface area contributed by atoms with Crippen molar-refractivity contribution in [3.05, 3.63) is 28.8 Å². The van der Waals surface area contributed by atoms with E-state index in [1.165, 1.54) is 6.07 Å². The number of hydrogen-bond acceptors (Lipinski definition) is 3. The SMILES string of the molecule is Cc1cc(S(=O)(=O)N2CCC(F)C2)cc(C(=O)O)c1C. The van der Waals surface area contributed by atoms with Crippen LogP contribution in [-0.2, 0) is 10.0 Å². The molecule has 7 heteroatoms. The fourth-order valence-electron chi connectivity index (χ4n) is 2.25. The van der Waals surface area contributed by atoms with Crippen LogP contribution in [0.3, 0.4) is 0 Å². The summed E-state index contributed by atoms with van der Waals surface area (Å²) in [6.45, 7) is 3.24. The lowest BCUT2D eigenvalue weighted by atomic mass is 10.0. The van der Waals surface area contributed by atoms with E-state index in [1.807, 2.05) is 0 Å². The molecule has 1 saturated heterocycles. The third kappa shape index (κ3) is 2.55. The molecule has 0 aromatic heterocycles. The number of aromatic carboxylic acids is 1. The fraction of sp³-hybridized carbons (Fsp3) is 0.462. The van der Waals surface area contributed by atoms with Gasteiger partial charge in [0.15, 0.2) is 0 Å². The van der Waals surface area contributed by atoms with Crippen LogP contribution in [0.25, 0.3) is 0 Å². The van der Waals surface area contributed by atoms with Gasteiger partial charge in [0.1, 0.15) is 6.17 Å². The van der Waals surface area contributed by atoms with Gasteiger partial charge in [-0.05, 0) is 43.5 Å². The molecule has 1 aromatic carbocycles. The Kier molecular flexibility index (Phi) is 3.84. The average molecular weight is 301 g/mol. The van der Waals surface area contributed by atoms with Crippen LogP contribution in [0.1, 0.15) is 27.9 Å². The molecule has 20 heavy (non-hydrogen) atoms. The van der Waals surface area contributed by atoms with E-state index in [9.17, 15) is 17.6 Å². The summed E-state index contributed by atoms with van der Waals surface area (Å²) in [6.07, 6.45) is -0.981. The topological polar surface area (TPSA) is 74.7 Å². The number of benzene rings is 1. The first-order chi connectivity index (χ1) is 9.23. The number of carboxylic acid groups (broad SMARTS) is 1. The molecule has 1 N–H and O–H groups in total. The molecule has 1 fully saturated rings. The van der Waals surface area contributed by atoms with E-state index in [0.29, 0.717) is 11.1 Å². The van der Waals surface area contributed by atoms with E-state index in [1.54, 1.807) is 13.8 Å². The molecule has 1 aromatic rings. The Labute approximate surface area is 117 Å². The zero-order chi connectivity index (χ0) is 15.1. The van der Waals surface area contributed by atoms with Gasteiger partial charge in [0, 0.05) is 13.1 Å². The first kappa shape index (κ1) is 14.9. The summed E-state index contributed by atoms with van der Waals surface area (Å²) < 4.78 is 39.0. The number of aryl methyl sites for hydroxylation is 1. The minimum Gasteiger partial charge on any atom is -0.478 e. The van der Waals surface area contributed by atoms with Gasteiger partial charge in [-0.15, -0.1) is 0 Å². The van der Waals surface area contributed by atoms with Crippen LogP contribution in [0.15, 0.2) is 17.0 Å². The van der Waals surface area contributed by atoms with Gasteiger partial charge in [-0.3, -0.25) is 0 Å². The predicted molar refractivity (Wildman–Crippen MR) is 71.1 cm³/mol. The van der Waals surface area contributed by atoms with Crippen molar-refractivity contribution in [3.8, 4) is 0 Å². The van der Waals surface area contributed by atoms with Crippen LogP contribution in [0.4, 0.5) is 4.39 Å². The molecule has 110 valence electrons. The standard InChI is InChI=1S/C13H16FNO4S/c1-8-5-11(6-12(9(8)2)13(16)17)20(18,19)15-4-3-10(14)7-15/h5-6,10H,3-4,7H2,1-2H3,(H,16,17). The molecule has 0 bridgehead atoms. The Balaban J connectivity index is 2.50. The second kappa shape index (κ2) is 5.14. The lowest BCUT2D eigenvalue weighted by Gasteiger charge is -2.17. The number of alkyl halides is 1. The highest BCUT2D eigenvalue weighted by Gasteiger charge is 2.33. The van der Waals surface area contributed by atoms with Crippen LogP contribution in [0.5, 0.6) is 0 Å². The molecule has 1 aliphatic rings. The highest BCUT2D eigenvalue weighted by atomic mass is 32.2. The molecular weight excluding hydrogens is 285 g/mol. The highest BCUT2D eigenvalue weighted by molar-refractivity contribution is 7.89. The van der Waals surface area contributed by atoms with Crippen molar-refractivity contribution in [3.63, 3.8) is 0 Å². The maximum Gasteiger partial charge on any atom is 0.336 e. The molecule has 5 nitrogen and oxygen atoms in total. The molecule has 1 unspecified atom stereocenters. The van der Waals surface area contributed by atoms with E-state index in [2.05, 4.69) is 0 Å². The first-order valence-corrected chi connectivity index (χ1v) is 7.66. The number of rotatable bonds is 3. The molecule has 0 spiro atoms. The van der Waals surface area contributed by atoms with E-state index < -0.39 is 22.2 Å². The van der Waals surface area contributed by atoms with Crippen molar-refractivity contribution in [1.82, 2.24) is 4.31 Å². The van der Waals surface area contributed by atoms with E-state index in [4.69, 9.17) is 5.11 Å². The number of nitrogens with zero attached hydrogens (tertiary/aromatic N) is 1. The van der Waals surface area contributed by atoms with E-state index in [0.717, 1.165) is 10.4 Å². The zero-order valence-electron chi connectivity index (χ0n) is 11.3. The van der Waals surface area contributed by atoms with Crippen LogP contribution in [0.2, 0.25) is 0 Å². The van der Waals surface area contributed by atoms with Crippen molar-refractivity contribution in [2.45, 2.75) is 31.3 Å². The lowest BCUT2D eigenvalue weighted by molar-refractivity contribution is 0.0695. The van der Waals surface area contributed by atoms with Crippen LogP contribution in [-0.4, -0.2) is 43.1 Å². The van der Waals surface area contributed by atoms with Gasteiger partial charge >= 0.3 is 5.97 Å². The van der Waals surface area contributed by atoms with Crippen LogP contribution < -0.4 is 0 Å². The molecule has 0 saturated carbocycles. The molecule has 0 amide bonds. The summed E-state index contributed by atoms with van der Waals surface area (Å²) in [5, 5.41) is 9.12. The summed E-state index contributed by atoms with van der Waals surface area (Å²) in [4.78, 5) is 11.1. The number of sulfonamides is 1. The van der Waals surface area contributed by atoms with Crippen molar-refractivity contribution < 1.29 is 22.7 Å². The molecule has 1 atom stereocenters. The summed E-state index contributed by atoms with van der Waals surface area (Å²) in [5.74, 6) is -1.17. The maximum absolute atomic E-state index is 13.2. The lowest BCUT2D eigenvalue weighted by Crippen LogP contribution is -2.29. The first-order valence-electron chi connectivity index (χ1n) is 6.22. The molecule has 1 aliphatic heterocycles. The van der Waals surface area contributed by atoms with Crippen molar-refractivity contribution >= 4 is 16.0 Å². The van der Waals surface area contributed by atoms with Crippen molar-refractivity contribution in [1.29, 1.82) is 0 Å². The normalized spacial score (nSPS) is 20.2. The Hall–Kier alpha value is -1.47. The summed E-state index contributed by atoms with van der Waals surface area (Å²) >= 11 is 0. The molecule has 0 radical (unpaired) electrons. The zero-order valence-corrected chi connectivity index (χ0v) is 12.1. The van der Waals surface area contributed by atoms with E-state index >= 15 is 0 Å². The third-order valence-corrected chi connectivity index (χ3v) is 5.45. The minimum atomic E-state index is -3.84. The number of hydrogen-bond donors (Lipinski definition) is 1. The minimum absolute atomic E-state index is 0.0421. The second-order valence-electron chi connectivity index (χ2n) is 4.97. The maximum atomic E-state index is 13.2. The van der Waals surface area contributed by atoms with Gasteiger partial charge in [-0.1, -0.05) is 0 Å². The molecular formula is C13H16FNO4S. The Bertz CT molecular complexity index is 657. The smallest absolute Gasteiger partial charge is 0.336 e. The van der Waals surface area contributed by atoms with Crippen LogP contribution >= 0.6 is 0 Å². The third-order valence-electron chi connectivity index (χ3n) is 3.60. The number of carbonyl (C=O) groups is 1. The van der Waals surface area contributed by atoms with Gasteiger partial charge in [0.25, 0.3) is 0 Å². The number of halogens is 1. The largest absolute Gasteiger partial charge is 0.478 e. The van der Waals surface area contributed by atoms with Gasteiger partial charge in [0.2, 0.25) is 10.0 Å². The van der Waals surface area contributed by atoms with Gasteiger partial charge in [-0.2, -0.15) is 4.31 Å². The summed E-state index contributed by atoms with van der Waals surface area (Å²) in [7, 11) is -3.84. The van der Waals surface area contributed by atoms with Gasteiger partial charge in [0.05, 0.1) is 10.5 Å². The number of carboxylic acids is 1. The average Bonchev–Trinajstić information content (AvgIpc) is 2.79. The van der Waals surface area contributed by atoms with Crippen molar-refractivity contribution in [2.75, 3.05) is 13.1 Å². The highest BCUT2D eigenvalue weighted by Crippen LogP contribution is 2.26. The molecule has 2 rings (SSSR count). The Morgan fingerprint density at radius 1 is 1.40 bits per heavy atom. The predicted octanol–water partition coefficient (Wildman–Crippen LogP) is 1.73. The summed E-state index contributed by atoms with van der Waals surface area (Å²) in [5.41, 5.74) is 1.07. The van der Waals surface area contributed by atoms with Crippen molar-refractivity contribution in [2.24, 2.45) is 0 Å². The quantitative estimate of drug-likeness (QED) is 0.922. The fourth-order valence-corrected chi connectivity index (χ4v) is 3.85. The Morgan fingerprint density at radius 2 is 2.05 bits per heavy atom. The monoisotopic (exact) mass is 301 g/mol. The Morgan fingerprint density at radius 3 is 2.55 bits per heavy atom. The molecule has 0 aliphatic carbocycles.